The summed E-state index contributed by atoms with van der Waals surface area (Å²) in [7, 11) is 0. The summed E-state index contributed by atoms with van der Waals surface area (Å²) in [6, 6.07) is 3.66. The zero-order chi connectivity index (χ0) is 20.3. The van der Waals surface area contributed by atoms with Gasteiger partial charge >= 0.3 is 5.97 Å². The molecule has 0 saturated carbocycles. The number of ether oxygens (including phenoxy) is 1. The van der Waals surface area contributed by atoms with Crippen molar-refractivity contribution in [2.75, 3.05) is 0 Å². The van der Waals surface area contributed by atoms with Crippen LogP contribution in [0.15, 0.2) is 41.5 Å². The molecule has 0 aliphatic carbocycles. The first-order valence-corrected chi connectivity index (χ1v) is 8.50. The number of allylic oxidation sites excluding steroid dienone is 2. The first kappa shape index (κ1) is 23.5. The molecule has 0 bridgehead atoms. The molecular formula is C21H24O6Zn. The molecule has 0 spiro atoms. The molecule has 6 nitrogen and oxygen atoms in total. The average Bonchev–Trinajstić information content (AvgIpc) is 2.56. The van der Waals surface area contributed by atoms with Gasteiger partial charge in [0.2, 0.25) is 0 Å². The van der Waals surface area contributed by atoms with Gasteiger partial charge in [0, 0.05) is 37.5 Å². The molecule has 1 unspecified atom stereocenters. The van der Waals surface area contributed by atoms with Gasteiger partial charge in [0.15, 0.2) is 0 Å². The molecular weight excluding hydrogens is 414 g/mol. The standard InChI is InChI=1S/C21H24O6.Zn/c1-11(2)5-8-17(27-18(25)9-12(3)4)13-10-16(24)19-14(22)6-7-15(23)20(19)21(13)26;/h5-7,9-10,17,22-24,26H,8H2,1-4H3;. The third-order valence-electron chi connectivity index (χ3n) is 3.97. The van der Waals surface area contributed by atoms with E-state index in [0.717, 1.165) is 11.1 Å². The third kappa shape index (κ3) is 5.26. The van der Waals surface area contributed by atoms with Crippen LogP contribution in [0.25, 0.3) is 10.8 Å². The van der Waals surface area contributed by atoms with E-state index in [9.17, 15) is 25.2 Å². The second-order valence-corrected chi connectivity index (χ2v) is 6.85. The molecule has 0 radical (unpaired) electrons. The molecule has 2 aromatic rings. The molecule has 0 fully saturated rings. The zero-order valence-corrected chi connectivity index (χ0v) is 19.5. The zero-order valence-electron chi connectivity index (χ0n) is 16.5. The van der Waals surface area contributed by atoms with Gasteiger partial charge in [-0.1, -0.05) is 17.2 Å². The number of phenolic OH excluding ortho intramolecular Hbond substituents is 4. The van der Waals surface area contributed by atoms with E-state index >= 15 is 0 Å². The molecule has 2 aromatic carbocycles. The van der Waals surface area contributed by atoms with E-state index in [0.29, 0.717) is 0 Å². The van der Waals surface area contributed by atoms with E-state index in [1.807, 2.05) is 19.9 Å². The fraction of sp³-hybridized carbons (Fsp3) is 0.286. The van der Waals surface area contributed by atoms with Crippen LogP contribution in [-0.2, 0) is 29.0 Å². The summed E-state index contributed by atoms with van der Waals surface area (Å²) >= 11 is 0. The minimum Gasteiger partial charge on any atom is -0.507 e. The Hall–Kier alpha value is -2.53. The van der Waals surface area contributed by atoms with Crippen LogP contribution in [0.5, 0.6) is 23.0 Å². The summed E-state index contributed by atoms with van der Waals surface area (Å²) in [6.07, 6.45) is 2.54. The number of carbonyl (C=O) groups excluding carboxylic acids is 1. The van der Waals surface area contributed by atoms with Crippen LogP contribution in [0, 0.1) is 0 Å². The number of rotatable bonds is 5. The number of aromatic hydroxyl groups is 4. The van der Waals surface area contributed by atoms with Crippen molar-refractivity contribution in [3.05, 3.63) is 47.1 Å². The summed E-state index contributed by atoms with van der Waals surface area (Å²) in [6.45, 7) is 7.28. The van der Waals surface area contributed by atoms with E-state index in [4.69, 9.17) is 4.74 Å². The first-order chi connectivity index (χ1) is 12.6. The molecule has 0 amide bonds. The Kier molecular flexibility index (Phi) is 8.06. The van der Waals surface area contributed by atoms with Crippen molar-refractivity contribution in [1.29, 1.82) is 0 Å². The normalized spacial score (nSPS) is 11.3. The maximum Gasteiger partial charge on any atom is 0.331 e. The van der Waals surface area contributed by atoms with Crippen LogP contribution in [-0.4, -0.2) is 26.4 Å². The Morgan fingerprint density at radius 2 is 1.54 bits per heavy atom. The minimum atomic E-state index is -0.889. The van der Waals surface area contributed by atoms with Gasteiger partial charge in [-0.3, -0.25) is 0 Å². The van der Waals surface area contributed by atoms with Crippen LogP contribution in [0.4, 0.5) is 0 Å². The Bertz CT molecular complexity index is 938. The van der Waals surface area contributed by atoms with Gasteiger partial charge in [0.25, 0.3) is 0 Å². The SMILES string of the molecule is CC(C)=CCC(OC(=O)C=C(C)C)c1cc(O)c2c(O)ccc(O)c2c1O.[Zn]. The maximum absolute atomic E-state index is 12.1. The van der Waals surface area contributed by atoms with Crippen molar-refractivity contribution in [3.63, 3.8) is 0 Å². The smallest absolute Gasteiger partial charge is 0.331 e. The first-order valence-electron chi connectivity index (χ1n) is 8.50. The van der Waals surface area contributed by atoms with E-state index in [-0.39, 0.29) is 65.2 Å². The molecule has 2 rings (SSSR count). The third-order valence-corrected chi connectivity index (χ3v) is 3.97. The second-order valence-electron chi connectivity index (χ2n) is 6.85. The molecule has 0 saturated heterocycles. The van der Waals surface area contributed by atoms with Gasteiger partial charge in [-0.05, 0) is 45.9 Å². The van der Waals surface area contributed by atoms with Crippen LogP contribution >= 0.6 is 0 Å². The van der Waals surface area contributed by atoms with Crippen LogP contribution < -0.4 is 0 Å². The van der Waals surface area contributed by atoms with Crippen molar-refractivity contribution in [1.82, 2.24) is 0 Å². The molecule has 7 heteroatoms. The average molecular weight is 438 g/mol. The second kappa shape index (κ2) is 9.60. The number of carbonyl (C=O) groups is 1. The number of fused-ring (bicyclic) bond motifs is 1. The van der Waals surface area contributed by atoms with Crippen LogP contribution in [0.1, 0.15) is 45.8 Å². The Morgan fingerprint density at radius 3 is 2.07 bits per heavy atom. The van der Waals surface area contributed by atoms with Gasteiger partial charge < -0.3 is 25.2 Å². The number of benzene rings is 2. The molecule has 1 atom stereocenters. The summed E-state index contributed by atoms with van der Waals surface area (Å²) in [4.78, 5) is 12.1. The maximum atomic E-state index is 12.1. The fourth-order valence-corrected chi connectivity index (χ4v) is 2.75. The largest absolute Gasteiger partial charge is 0.507 e. The summed E-state index contributed by atoms with van der Waals surface area (Å²) in [5.74, 6) is -1.89. The topological polar surface area (TPSA) is 107 Å². The van der Waals surface area contributed by atoms with Crippen molar-refractivity contribution < 1.29 is 49.4 Å². The molecule has 28 heavy (non-hydrogen) atoms. The Morgan fingerprint density at radius 1 is 0.964 bits per heavy atom. The van der Waals surface area contributed by atoms with Crippen molar-refractivity contribution in [2.45, 2.75) is 40.2 Å². The van der Waals surface area contributed by atoms with E-state index in [1.165, 1.54) is 24.3 Å². The monoisotopic (exact) mass is 436 g/mol. The Balaban J connectivity index is 0.00000392. The van der Waals surface area contributed by atoms with Crippen molar-refractivity contribution in [3.8, 4) is 23.0 Å². The van der Waals surface area contributed by atoms with Crippen LogP contribution in [0.3, 0.4) is 0 Å². The molecule has 0 aliphatic heterocycles. The van der Waals surface area contributed by atoms with Gasteiger partial charge in [-0.15, -0.1) is 0 Å². The molecule has 0 aliphatic rings. The molecule has 0 aromatic heterocycles. The van der Waals surface area contributed by atoms with Crippen molar-refractivity contribution >= 4 is 16.7 Å². The molecule has 146 valence electrons. The van der Waals surface area contributed by atoms with E-state index in [2.05, 4.69) is 0 Å². The quantitative estimate of drug-likeness (QED) is 0.179. The number of hydrogen-bond acceptors (Lipinski definition) is 6. The number of hydrogen-bond donors (Lipinski definition) is 4. The van der Waals surface area contributed by atoms with Gasteiger partial charge in [0.05, 0.1) is 10.8 Å². The summed E-state index contributed by atoms with van der Waals surface area (Å²) in [5, 5.41) is 40.9. The van der Waals surface area contributed by atoms with Gasteiger partial charge in [0.1, 0.15) is 29.1 Å². The minimum absolute atomic E-state index is 0. The summed E-state index contributed by atoms with van der Waals surface area (Å²) < 4.78 is 5.48. The predicted octanol–water partition coefficient (Wildman–Crippen LogP) is 4.57. The van der Waals surface area contributed by atoms with Crippen molar-refractivity contribution in [2.24, 2.45) is 0 Å². The van der Waals surface area contributed by atoms with Gasteiger partial charge in [-0.2, -0.15) is 0 Å². The molecule has 4 N–H and O–H groups in total. The molecule has 0 heterocycles. The van der Waals surface area contributed by atoms with Gasteiger partial charge in [-0.25, -0.2) is 4.79 Å². The van der Waals surface area contributed by atoms with E-state index < -0.39 is 12.1 Å². The Labute approximate surface area is 176 Å². The number of phenols is 4. The predicted molar refractivity (Wildman–Crippen MR) is 103 cm³/mol. The fourth-order valence-electron chi connectivity index (χ4n) is 2.75. The number of esters is 1. The van der Waals surface area contributed by atoms with E-state index in [1.54, 1.807) is 13.8 Å². The summed E-state index contributed by atoms with van der Waals surface area (Å²) in [5.41, 5.74) is 1.88. The van der Waals surface area contributed by atoms with Crippen LogP contribution in [0.2, 0.25) is 0 Å².